The Labute approximate surface area is 121 Å². The molecule has 1 saturated heterocycles. The number of aryl methyl sites for hydroxylation is 1. The normalized spacial score (nSPS) is 26.4. The van der Waals surface area contributed by atoms with Gasteiger partial charge in [-0.3, -0.25) is 0 Å². The van der Waals surface area contributed by atoms with Crippen LogP contribution in [-0.2, 0) is 10.0 Å². The summed E-state index contributed by atoms with van der Waals surface area (Å²) < 4.78 is 28.2. The Morgan fingerprint density at radius 2 is 2.11 bits per heavy atom. The van der Waals surface area contributed by atoms with Gasteiger partial charge in [-0.1, -0.05) is 6.92 Å². The molecule has 0 amide bonds. The highest BCUT2D eigenvalue weighted by Gasteiger charge is 2.34. The number of sulfonamides is 1. The van der Waals surface area contributed by atoms with Crippen molar-refractivity contribution in [2.75, 3.05) is 6.54 Å². The lowest BCUT2D eigenvalue weighted by molar-refractivity contribution is 0.220. The Bertz CT molecular complexity index is 519. The SMILES string of the molecule is Cc1cc(S(=O)(=O)N2CCC(C)CC2C)sc1Br. The molecule has 18 heavy (non-hydrogen) atoms. The summed E-state index contributed by atoms with van der Waals surface area (Å²) in [5, 5.41) is 0. The van der Waals surface area contributed by atoms with Crippen LogP contribution in [0.3, 0.4) is 0 Å². The van der Waals surface area contributed by atoms with Crippen molar-refractivity contribution in [2.45, 2.75) is 43.9 Å². The third kappa shape index (κ3) is 2.66. The zero-order chi connectivity index (χ0) is 13.5. The molecule has 0 spiro atoms. The summed E-state index contributed by atoms with van der Waals surface area (Å²) in [6, 6.07) is 1.86. The maximum Gasteiger partial charge on any atom is 0.252 e. The van der Waals surface area contributed by atoms with Gasteiger partial charge in [0.1, 0.15) is 4.21 Å². The van der Waals surface area contributed by atoms with Gasteiger partial charge in [0.15, 0.2) is 0 Å². The number of rotatable bonds is 2. The standard InChI is InChI=1S/C12H18BrNO2S2/c1-8-4-5-14(10(3)6-8)18(15,16)11-7-9(2)12(13)17-11/h7-8,10H,4-6H2,1-3H3. The van der Waals surface area contributed by atoms with Crippen molar-refractivity contribution in [1.29, 1.82) is 0 Å². The van der Waals surface area contributed by atoms with Gasteiger partial charge in [0, 0.05) is 12.6 Å². The molecule has 0 bridgehead atoms. The number of hydrogen-bond acceptors (Lipinski definition) is 3. The number of hydrogen-bond donors (Lipinski definition) is 0. The van der Waals surface area contributed by atoms with Crippen molar-refractivity contribution >= 4 is 37.3 Å². The molecule has 2 heterocycles. The third-order valence-electron chi connectivity index (χ3n) is 3.47. The lowest BCUT2D eigenvalue weighted by Gasteiger charge is -2.35. The zero-order valence-corrected chi connectivity index (χ0v) is 14.0. The van der Waals surface area contributed by atoms with Crippen LogP contribution in [0.15, 0.2) is 14.1 Å². The molecule has 0 N–H and O–H groups in total. The van der Waals surface area contributed by atoms with Gasteiger partial charge in [-0.15, -0.1) is 11.3 Å². The van der Waals surface area contributed by atoms with Crippen LogP contribution in [0, 0.1) is 12.8 Å². The Hall–Kier alpha value is 0.0900. The molecule has 2 rings (SSSR count). The highest BCUT2D eigenvalue weighted by Crippen LogP contribution is 2.35. The van der Waals surface area contributed by atoms with Crippen LogP contribution in [-0.4, -0.2) is 25.3 Å². The van der Waals surface area contributed by atoms with E-state index in [9.17, 15) is 8.42 Å². The molecule has 102 valence electrons. The Balaban J connectivity index is 2.31. The molecule has 0 aromatic carbocycles. The maximum absolute atomic E-state index is 12.6. The monoisotopic (exact) mass is 351 g/mol. The highest BCUT2D eigenvalue weighted by molar-refractivity contribution is 9.11. The van der Waals surface area contributed by atoms with Crippen molar-refractivity contribution < 1.29 is 8.42 Å². The minimum Gasteiger partial charge on any atom is -0.206 e. The van der Waals surface area contributed by atoms with Crippen molar-refractivity contribution in [1.82, 2.24) is 4.31 Å². The van der Waals surface area contributed by atoms with Crippen molar-refractivity contribution in [2.24, 2.45) is 5.92 Å². The molecular formula is C12H18BrNO2S2. The lowest BCUT2D eigenvalue weighted by atomic mass is 9.95. The first kappa shape index (κ1) is 14.5. The van der Waals surface area contributed by atoms with Gasteiger partial charge in [0.05, 0.1) is 3.79 Å². The van der Waals surface area contributed by atoms with E-state index in [1.807, 2.05) is 13.8 Å². The van der Waals surface area contributed by atoms with Crippen LogP contribution < -0.4 is 0 Å². The van der Waals surface area contributed by atoms with Crippen LogP contribution in [0.1, 0.15) is 32.3 Å². The first-order chi connectivity index (χ1) is 8.32. The summed E-state index contributed by atoms with van der Waals surface area (Å²) in [5.41, 5.74) is 0.983. The first-order valence-electron chi connectivity index (χ1n) is 6.10. The molecule has 2 unspecified atom stereocenters. The molecule has 6 heteroatoms. The van der Waals surface area contributed by atoms with E-state index in [1.165, 1.54) is 11.3 Å². The number of halogens is 1. The van der Waals surface area contributed by atoms with Crippen molar-refractivity contribution in [3.05, 3.63) is 15.4 Å². The van der Waals surface area contributed by atoms with Gasteiger partial charge in [-0.2, -0.15) is 4.31 Å². The Kier molecular flexibility index (Phi) is 4.21. The molecule has 1 aliphatic rings. The lowest BCUT2D eigenvalue weighted by Crippen LogP contribution is -2.43. The van der Waals surface area contributed by atoms with E-state index in [0.29, 0.717) is 16.7 Å². The van der Waals surface area contributed by atoms with Gasteiger partial charge in [-0.05, 0) is 60.2 Å². The molecule has 0 aliphatic carbocycles. The molecule has 1 aromatic heterocycles. The van der Waals surface area contributed by atoms with Crippen LogP contribution >= 0.6 is 27.3 Å². The van der Waals surface area contributed by atoms with Crippen molar-refractivity contribution in [3.63, 3.8) is 0 Å². The van der Waals surface area contributed by atoms with E-state index >= 15 is 0 Å². The van der Waals surface area contributed by atoms with E-state index in [1.54, 1.807) is 10.4 Å². The van der Waals surface area contributed by atoms with Crippen LogP contribution in [0.25, 0.3) is 0 Å². The van der Waals surface area contributed by atoms with Gasteiger partial charge in [0.2, 0.25) is 0 Å². The first-order valence-corrected chi connectivity index (χ1v) is 9.15. The minimum atomic E-state index is -3.31. The summed E-state index contributed by atoms with van der Waals surface area (Å²) in [4.78, 5) is 0. The fourth-order valence-electron chi connectivity index (χ4n) is 2.42. The quantitative estimate of drug-likeness (QED) is 0.815. The largest absolute Gasteiger partial charge is 0.252 e. The van der Waals surface area contributed by atoms with Crippen LogP contribution in [0.5, 0.6) is 0 Å². The molecule has 1 aromatic rings. The molecule has 3 nitrogen and oxygen atoms in total. The summed E-state index contributed by atoms with van der Waals surface area (Å²) in [6.45, 7) is 6.75. The minimum absolute atomic E-state index is 0.0972. The zero-order valence-electron chi connectivity index (χ0n) is 10.8. The van der Waals surface area contributed by atoms with Crippen LogP contribution in [0.4, 0.5) is 0 Å². The summed E-state index contributed by atoms with van der Waals surface area (Å²) in [5.74, 6) is 0.614. The highest BCUT2D eigenvalue weighted by atomic mass is 79.9. The van der Waals surface area contributed by atoms with Gasteiger partial charge in [0.25, 0.3) is 10.0 Å². The van der Waals surface area contributed by atoms with E-state index in [2.05, 4.69) is 22.9 Å². The molecular weight excluding hydrogens is 334 g/mol. The van der Waals surface area contributed by atoms with Gasteiger partial charge < -0.3 is 0 Å². The van der Waals surface area contributed by atoms with E-state index < -0.39 is 10.0 Å². The molecule has 2 atom stereocenters. The molecule has 0 radical (unpaired) electrons. The fourth-order valence-corrected chi connectivity index (χ4v) is 6.43. The average Bonchev–Trinajstić information content (AvgIpc) is 2.59. The molecule has 1 aliphatic heterocycles. The molecule has 1 fully saturated rings. The number of nitrogens with zero attached hydrogens (tertiary/aromatic N) is 1. The summed E-state index contributed by atoms with van der Waals surface area (Å²) in [6.07, 6.45) is 1.90. The van der Waals surface area contributed by atoms with E-state index in [-0.39, 0.29) is 6.04 Å². The maximum atomic E-state index is 12.6. The topological polar surface area (TPSA) is 37.4 Å². The second kappa shape index (κ2) is 5.23. The smallest absolute Gasteiger partial charge is 0.206 e. The van der Waals surface area contributed by atoms with E-state index in [4.69, 9.17) is 0 Å². The number of thiophene rings is 1. The summed E-state index contributed by atoms with van der Waals surface area (Å²) in [7, 11) is -3.31. The van der Waals surface area contributed by atoms with Crippen LogP contribution in [0.2, 0.25) is 0 Å². The van der Waals surface area contributed by atoms with Gasteiger partial charge in [-0.25, -0.2) is 8.42 Å². The van der Waals surface area contributed by atoms with Gasteiger partial charge >= 0.3 is 0 Å². The fraction of sp³-hybridized carbons (Fsp3) is 0.667. The second-order valence-corrected chi connectivity index (χ2v) is 9.60. The average molecular weight is 352 g/mol. The second-order valence-electron chi connectivity index (χ2n) is 5.12. The predicted molar refractivity (Wildman–Crippen MR) is 78.5 cm³/mol. The number of piperidine rings is 1. The van der Waals surface area contributed by atoms with Crippen molar-refractivity contribution in [3.8, 4) is 0 Å². The third-order valence-corrected chi connectivity index (χ3v) is 8.07. The predicted octanol–water partition coefficient (Wildman–Crippen LogP) is 3.63. The molecule has 0 saturated carbocycles. The van der Waals surface area contributed by atoms with E-state index in [0.717, 1.165) is 22.2 Å². The Morgan fingerprint density at radius 1 is 1.44 bits per heavy atom. The Morgan fingerprint density at radius 3 is 2.61 bits per heavy atom. The summed E-state index contributed by atoms with van der Waals surface area (Å²) >= 11 is 4.70.